The highest BCUT2D eigenvalue weighted by atomic mass is 31.0. The van der Waals surface area contributed by atoms with Crippen molar-refractivity contribution in [2.24, 2.45) is 5.92 Å². The van der Waals surface area contributed by atoms with Crippen LogP contribution < -0.4 is 0 Å². The Balaban J connectivity index is 4.08. The van der Waals surface area contributed by atoms with E-state index in [9.17, 15) is 0 Å². The highest BCUT2D eigenvalue weighted by Gasteiger charge is 2.13. The first-order valence-corrected chi connectivity index (χ1v) is 2.87. The summed E-state index contributed by atoms with van der Waals surface area (Å²) in [7, 11) is 2.13. The molecule has 0 rings (SSSR count). The molecule has 0 aromatic carbocycles. The van der Waals surface area contributed by atoms with Gasteiger partial charge in [0.25, 0.3) is 0 Å². The van der Waals surface area contributed by atoms with Gasteiger partial charge in [0.05, 0.1) is 23.9 Å². The van der Waals surface area contributed by atoms with Crippen LogP contribution in [0.1, 0.15) is 0 Å². The normalized spacial score (nSPS) is 11.0. The van der Waals surface area contributed by atoms with E-state index in [0.717, 1.165) is 0 Å². The minimum absolute atomic E-state index is 0.569. The molecule has 0 heterocycles. The Bertz CT molecular complexity index is 190. The van der Waals surface area contributed by atoms with E-state index in [4.69, 9.17) is 15.8 Å². The third-order valence-electron chi connectivity index (χ3n) is 0.786. The van der Waals surface area contributed by atoms with Gasteiger partial charge in [-0.3, -0.25) is 0 Å². The first-order chi connectivity index (χ1) is 4.26. The molecule has 2 atom stereocenters. The quantitative estimate of drug-likeness (QED) is 0.491. The van der Waals surface area contributed by atoms with Crippen LogP contribution in [0.3, 0.4) is 0 Å². The maximum Gasteiger partial charge on any atom is 0.152 e. The molecule has 0 saturated carbocycles. The van der Waals surface area contributed by atoms with Gasteiger partial charge >= 0.3 is 0 Å². The molecule has 44 valence electrons. The molecule has 0 aromatic heterocycles. The molecule has 2 unspecified atom stereocenters. The molecule has 0 radical (unpaired) electrons. The highest BCUT2D eigenvalue weighted by molar-refractivity contribution is 7.18. The standard InChI is InChI=1S/C5H4N3P/c6-1-4(2-7)5(9)3-8/h4-5H,9H2. The molecule has 0 N–H and O–H groups in total. The lowest BCUT2D eigenvalue weighted by Crippen LogP contribution is -2.06. The lowest BCUT2D eigenvalue weighted by atomic mass is 10.1. The van der Waals surface area contributed by atoms with Gasteiger partial charge in [-0.25, -0.2) is 0 Å². The summed E-state index contributed by atoms with van der Waals surface area (Å²) in [6.45, 7) is 0. The Morgan fingerprint density at radius 3 is 1.56 bits per heavy atom. The summed E-state index contributed by atoms with van der Waals surface area (Å²) in [6, 6.07) is 5.18. The Morgan fingerprint density at radius 1 is 1.00 bits per heavy atom. The fourth-order valence-electron chi connectivity index (χ4n) is 0.264. The van der Waals surface area contributed by atoms with Crippen LogP contribution in [0.15, 0.2) is 0 Å². The van der Waals surface area contributed by atoms with Crippen molar-refractivity contribution in [1.82, 2.24) is 0 Å². The molecule has 0 aliphatic heterocycles. The van der Waals surface area contributed by atoms with Crippen molar-refractivity contribution in [3.8, 4) is 18.2 Å². The smallest absolute Gasteiger partial charge is 0.152 e. The van der Waals surface area contributed by atoms with Crippen molar-refractivity contribution in [1.29, 1.82) is 15.8 Å². The molecule has 0 saturated heterocycles. The van der Waals surface area contributed by atoms with E-state index in [-0.39, 0.29) is 0 Å². The average Bonchev–Trinajstić information content (AvgIpc) is 1.90. The average molecular weight is 137 g/mol. The highest BCUT2D eigenvalue weighted by Crippen LogP contribution is 2.09. The van der Waals surface area contributed by atoms with Crippen molar-refractivity contribution in [3.63, 3.8) is 0 Å². The van der Waals surface area contributed by atoms with Gasteiger partial charge in [0, 0.05) is 0 Å². The van der Waals surface area contributed by atoms with Gasteiger partial charge in [-0.15, -0.1) is 9.24 Å². The second kappa shape index (κ2) is 3.85. The van der Waals surface area contributed by atoms with Gasteiger partial charge < -0.3 is 0 Å². The molecule has 0 aliphatic rings. The van der Waals surface area contributed by atoms with Crippen LogP contribution in [0.25, 0.3) is 0 Å². The van der Waals surface area contributed by atoms with Gasteiger partial charge in [-0.1, -0.05) is 0 Å². The van der Waals surface area contributed by atoms with Gasteiger partial charge in [0.1, 0.15) is 0 Å². The number of hydrogen-bond donors (Lipinski definition) is 0. The molecule has 0 aromatic rings. The summed E-state index contributed by atoms with van der Waals surface area (Å²) < 4.78 is 0. The Hall–Kier alpha value is -1.10. The van der Waals surface area contributed by atoms with Crippen LogP contribution >= 0.6 is 9.24 Å². The molecule has 4 heteroatoms. The minimum atomic E-state index is -0.819. The SMILES string of the molecule is N#CC(P)C(C#N)C#N. The van der Waals surface area contributed by atoms with Gasteiger partial charge in [0.15, 0.2) is 5.92 Å². The van der Waals surface area contributed by atoms with Crippen molar-refractivity contribution in [3.05, 3.63) is 0 Å². The molecule has 0 aliphatic carbocycles. The van der Waals surface area contributed by atoms with Crippen molar-refractivity contribution < 1.29 is 0 Å². The zero-order valence-electron chi connectivity index (χ0n) is 4.57. The van der Waals surface area contributed by atoms with Gasteiger partial charge in [-0.2, -0.15) is 15.8 Å². The molecule has 3 nitrogen and oxygen atoms in total. The molecule has 0 bridgehead atoms. The van der Waals surface area contributed by atoms with Crippen LogP contribution in [0, 0.1) is 39.9 Å². The predicted octanol–water partition coefficient (Wildman–Crippen LogP) is 0.417. The van der Waals surface area contributed by atoms with Crippen LogP contribution in [0.2, 0.25) is 0 Å². The largest absolute Gasteiger partial charge is 0.198 e. The fraction of sp³-hybridized carbons (Fsp3) is 0.400. The summed E-state index contributed by atoms with van der Waals surface area (Å²) in [5, 5.41) is 24.6. The summed E-state index contributed by atoms with van der Waals surface area (Å²) in [5.41, 5.74) is -0.569. The zero-order chi connectivity index (χ0) is 7.28. The van der Waals surface area contributed by atoms with Crippen LogP contribution in [0.5, 0.6) is 0 Å². The molecule has 0 amide bonds. The summed E-state index contributed by atoms with van der Waals surface area (Å²) in [6.07, 6.45) is 0. The molecule has 9 heavy (non-hydrogen) atoms. The van der Waals surface area contributed by atoms with Crippen molar-refractivity contribution in [2.75, 3.05) is 0 Å². The third-order valence-corrected chi connectivity index (χ3v) is 1.32. The van der Waals surface area contributed by atoms with Crippen molar-refractivity contribution >= 4 is 9.24 Å². The van der Waals surface area contributed by atoms with Gasteiger partial charge in [0.2, 0.25) is 0 Å². The number of hydrogen-bond acceptors (Lipinski definition) is 3. The lowest BCUT2D eigenvalue weighted by Gasteiger charge is -1.96. The van der Waals surface area contributed by atoms with E-state index in [2.05, 4.69) is 9.24 Å². The zero-order valence-corrected chi connectivity index (χ0v) is 5.73. The van der Waals surface area contributed by atoms with E-state index in [0.29, 0.717) is 0 Å². The topological polar surface area (TPSA) is 71.4 Å². The van der Waals surface area contributed by atoms with E-state index in [1.165, 1.54) is 0 Å². The molecular weight excluding hydrogens is 133 g/mol. The molecule has 0 fully saturated rings. The maximum absolute atomic E-state index is 8.19. The molecule has 0 spiro atoms. The Labute approximate surface area is 55.7 Å². The first kappa shape index (κ1) is 7.90. The maximum atomic E-state index is 8.19. The summed E-state index contributed by atoms with van der Waals surface area (Å²) in [4.78, 5) is 0. The fourth-order valence-corrected chi connectivity index (χ4v) is 0.436. The lowest BCUT2D eigenvalue weighted by molar-refractivity contribution is 0.890. The minimum Gasteiger partial charge on any atom is -0.198 e. The predicted molar refractivity (Wildman–Crippen MR) is 33.8 cm³/mol. The van der Waals surface area contributed by atoms with Crippen molar-refractivity contribution in [2.45, 2.75) is 5.66 Å². The Kier molecular flexibility index (Phi) is 3.38. The van der Waals surface area contributed by atoms with Crippen LogP contribution in [0.4, 0.5) is 0 Å². The summed E-state index contributed by atoms with van der Waals surface area (Å²) in [5.74, 6) is -0.819. The second-order valence-corrected chi connectivity index (χ2v) is 2.11. The summed E-state index contributed by atoms with van der Waals surface area (Å²) >= 11 is 0. The first-order valence-electron chi connectivity index (χ1n) is 2.20. The van der Waals surface area contributed by atoms with Crippen LogP contribution in [-0.2, 0) is 0 Å². The Morgan fingerprint density at radius 2 is 1.44 bits per heavy atom. The van der Waals surface area contributed by atoms with E-state index < -0.39 is 11.6 Å². The number of nitrogens with zero attached hydrogens (tertiary/aromatic N) is 3. The monoisotopic (exact) mass is 137 g/mol. The number of nitriles is 3. The van der Waals surface area contributed by atoms with Gasteiger partial charge in [-0.05, 0) is 0 Å². The number of rotatable bonds is 1. The van der Waals surface area contributed by atoms with E-state index in [1.54, 1.807) is 18.2 Å². The third kappa shape index (κ3) is 2.09. The van der Waals surface area contributed by atoms with E-state index in [1.807, 2.05) is 0 Å². The van der Waals surface area contributed by atoms with E-state index >= 15 is 0 Å². The molecular formula is C5H4N3P. The van der Waals surface area contributed by atoms with Crippen LogP contribution in [-0.4, -0.2) is 5.66 Å². The second-order valence-electron chi connectivity index (χ2n) is 1.39.